The molecule has 1 aromatic carbocycles. The Labute approximate surface area is 122 Å². The number of fused-ring (bicyclic) bond motifs is 1. The third-order valence-corrected chi connectivity index (χ3v) is 3.26. The fourth-order valence-corrected chi connectivity index (χ4v) is 2.11. The average Bonchev–Trinajstić information content (AvgIpc) is 2.50. The van der Waals surface area contributed by atoms with E-state index < -0.39 is 11.5 Å². The van der Waals surface area contributed by atoms with Crippen LogP contribution < -0.4 is 5.63 Å². The van der Waals surface area contributed by atoms with Gasteiger partial charge in [0.1, 0.15) is 11.1 Å². The number of rotatable bonds is 4. The number of benzene rings is 1. The van der Waals surface area contributed by atoms with Crippen molar-refractivity contribution in [3.63, 3.8) is 0 Å². The fourth-order valence-electron chi connectivity index (χ4n) is 2.11. The predicted octanol–water partition coefficient (Wildman–Crippen LogP) is 2.41. The number of para-hydroxylation sites is 1. The molecule has 1 heterocycles. The van der Waals surface area contributed by atoms with Crippen LogP contribution in [0, 0.1) is 17.2 Å². The van der Waals surface area contributed by atoms with Crippen molar-refractivity contribution < 1.29 is 9.21 Å². The largest absolute Gasteiger partial charge is 0.422 e. The maximum Gasteiger partial charge on any atom is 0.349 e. The summed E-state index contributed by atoms with van der Waals surface area (Å²) in [7, 11) is 0. The Hall–Kier alpha value is -2.61. The molecule has 5 heteroatoms. The SMILES string of the molecule is CCN(C[C@H](C)C#N)C(=O)c1cc2ccccc2oc1=O. The van der Waals surface area contributed by atoms with Crippen LogP contribution in [0.15, 0.2) is 39.5 Å². The first-order valence-corrected chi connectivity index (χ1v) is 6.78. The van der Waals surface area contributed by atoms with Crippen molar-refractivity contribution in [2.45, 2.75) is 13.8 Å². The summed E-state index contributed by atoms with van der Waals surface area (Å²) in [5.74, 6) is -0.694. The molecule has 0 spiro atoms. The van der Waals surface area contributed by atoms with Gasteiger partial charge in [0, 0.05) is 18.5 Å². The molecule has 0 aliphatic carbocycles. The molecular weight excluding hydrogens is 268 g/mol. The zero-order chi connectivity index (χ0) is 15.4. The number of hydrogen-bond donors (Lipinski definition) is 0. The summed E-state index contributed by atoms with van der Waals surface area (Å²) in [6.45, 7) is 4.26. The summed E-state index contributed by atoms with van der Waals surface area (Å²) in [6, 6.07) is 10.7. The first-order valence-electron chi connectivity index (χ1n) is 6.78. The minimum Gasteiger partial charge on any atom is -0.422 e. The van der Waals surface area contributed by atoms with Crippen LogP contribution in [-0.4, -0.2) is 23.9 Å². The first kappa shape index (κ1) is 14.8. The molecule has 0 aliphatic heterocycles. The lowest BCUT2D eigenvalue weighted by Gasteiger charge is -2.21. The van der Waals surface area contributed by atoms with Crippen LogP contribution in [0.3, 0.4) is 0 Å². The van der Waals surface area contributed by atoms with E-state index in [4.69, 9.17) is 9.68 Å². The van der Waals surface area contributed by atoms with Gasteiger partial charge in [0.2, 0.25) is 0 Å². The smallest absolute Gasteiger partial charge is 0.349 e. The zero-order valence-electron chi connectivity index (χ0n) is 12.0. The quantitative estimate of drug-likeness (QED) is 0.808. The Balaban J connectivity index is 2.40. The molecule has 21 heavy (non-hydrogen) atoms. The monoisotopic (exact) mass is 284 g/mol. The molecule has 0 saturated carbocycles. The second kappa shape index (κ2) is 6.23. The normalized spacial score (nSPS) is 11.9. The van der Waals surface area contributed by atoms with E-state index in [2.05, 4.69) is 6.07 Å². The Kier molecular flexibility index (Phi) is 4.39. The van der Waals surface area contributed by atoms with E-state index in [1.54, 1.807) is 31.2 Å². The maximum atomic E-state index is 12.4. The van der Waals surface area contributed by atoms with Gasteiger partial charge in [-0.2, -0.15) is 5.26 Å². The maximum absolute atomic E-state index is 12.4. The van der Waals surface area contributed by atoms with Crippen LogP contribution in [0.2, 0.25) is 0 Å². The van der Waals surface area contributed by atoms with Gasteiger partial charge >= 0.3 is 5.63 Å². The molecule has 108 valence electrons. The molecule has 0 N–H and O–H groups in total. The summed E-state index contributed by atoms with van der Waals surface area (Å²) >= 11 is 0. The number of amides is 1. The average molecular weight is 284 g/mol. The highest BCUT2D eigenvalue weighted by Crippen LogP contribution is 2.14. The van der Waals surface area contributed by atoms with Crippen molar-refractivity contribution in [1.29, 1.82) is 5.26 Å². The van der Waals surface area contributed by atoms with Gasteiger partial charge in [0.25, 0.3) is 5.91 Å². The van der Waals surface area contributed by atoms with Crippen molar-refractivity contribution in [3.05, 3.63) is 46.3 Å². The highest BCUT2D eigenvalue weighted by atomic mass is 16.4. The number of nitriles is 1. The van der Waals surface area contributed by atoms with Crippen LogP contribution in [0.1, 0.15) is 24.2 Å². The number of nitrogens with zero attached hydrogens (tertiary/aromatic N) is 2. The molecule has 0 fully saturated rings. The van der Waals surface area contributed by atoms with Crippen molar-refractivity contribution >= 4 is 16.9 Å². The van der Waals surface area contributed by atoms with Crippen molar-refractivity contribution in [2.24, 2.45) is 5.92 Å². The Bertz CT molecular complexity index is 758. The van der Waals surface area contributed by atoms with E-state index in [9.17, 15) is 9.59 Å². The summed E-state index contributed by atoms with van der Waals surface area (Å²) in [5.41, 5.74) is -0.199. The Morgan fingerprint density at radius 1 is 1.43 bits per heavy atom. The minimum atomic E-state index is -0.651. The number of hydrogen-bond acceptors (Lipinski definition) is 4. The predicted molar refractivity (Wildman–Crippen MR) is 78.8 cm³/mol. The van der Waals surface area contributed by atoms with Gasteiger partial charge in [0.05, 0.1) is 12.0 Å². The van der Waals surface area contributed by atoms with Gasteiger partial charge < -0.3 is 9.32 Å². The van der Waals surface area contributed by atoms with Gasteiger partial charge in [-0.3, -0.25) is 4.79 Å². The van der Waals surface area contributed by atoms with Crippen LogP contribution in [0.25, 0.3) is 11.0 Å². The molecule has 0 unspecified atom stereocenters. The van der Waals surface area contributed by atoms with Crippen LogP contribution in [-0.2, 0) is 0 Å². The number of carbonyl (C=O) groups is 1. The van der Waals surface area contributed by atoms with Crippen LogP contribution in [0.5, 0.6) is 0 Å². The van der Waals surface area contributed by atoms with Gasteiger partial charge in [-0.05, 0) is 26.0 Å². The lowest BCUT2D eigenvalue weighted by atomic mass is 10.1. The molecule has 1 aromatic heterocycles. The Morgan fingerprint density at radius 2 is 2.14 bits per heavy atom. The first-order chi connectivity index (χ1) is 10.1. The third kappa shape index (κ3) is 3.11. The zero-order valence-corrected chi connectivity index (χ0v) is 12.0. The van der Waals surface area contributed by atoms with Gasteiger partial charge in [-0.25, -0.2) is 4.79 Å². The lowest BCUT2D eigenvalue weighted by Crippen LogP contribution is -2.36. The lowest BCUT2D eigenvalue weighted by molar-refractivity contribution is 0.0748. The molecular formula is C16H16N2O3. The molecule has 0 radical (unpaired) electrons. The molecule has 0 saturated heterocycles. The fraction of sp³-hybridized carbons (Fsp3) is 0.312. The Morgan fingerprint density at radius 3 is 2.81 bits per heavy atom. The topological polar surface area (TPSA) is 74.3 Å². The highest BCUT2D eigenvalue weighted by Gasteiger charge is 2.20. The summed E-state index contributed by atoms with van der Waals surface area (Å²) in [5, 5.41) is 9.56. The molecule has 2 rings (SSSR count). The minimum absolute atomic E-state index is 0.000639. The summed E-state index contributed by atoms with van der Waals surface area (Å²) in [6.07, 6.45) is 0. The molecule has 2 aromatic rings. The molecule has 5 nitrogen and oxygen atoms in total. The molecule has 1 amide bonds. The van der Waals surface area contributed by atoms with E-state index in [1.165, 1.54) is 4.90 Å². The van der Waals surface area contributed by atoms with Crippen molar-refractivity contribution in [3.8, 4) is 6.07 Å². The van der Waals surface area contributed by atoms with Crippen LogP contribution in [0.4, 0.5) is 0 Å². The standard InChI is InChI=1S/C16H16N2O3/c1-3-18(10-11(2)9-17)15(19)13-8-12-6-4-5-7-14(12)21-16(13)20/h4-8,11H,3,10H2,1-2H3/t11-/m1/s1. The molecule has 0 bridgehead atoms. The second-order valence-corrected chi connectivity index (χ2v) is 4.86. The van der Waals surface area contributed by atoms with E-state index in [-0.39, 0.29) is 18.0 Å². The second-order valence-electron chi connectivity index (χ2n) is 4.86. The summed E-state index contributed by atoms with van der Waals surface area (Å²) < 4.78 is 5.17. The summed E-state index contributed by atoms with van der Waals surface area (Å²) in [4.78, 5) is 25.9. The van der Waals surface area contributed by atoms with Gasteiger partial charge in [-0.15, -0.1) is 0 Å². The van der Waals surface area contributed by atoms with E-state index in [1.807, 2.05) is 13.0 Å². The number of carbonyl (C=O) groups excluding carboxylic acids is 1. The highest BCUT2D eigenvalue weighted by molar-refractivity contribution is 5.96. The van der Waals surface area contributed by atoms with Gasteiger partial charge in [0.15, 0.2) is 0 Å². The van der Waals surface area contributed by atoms with Crippen molar-refractivity contribution in [1.82, 2.24) is 4.90 Å². The molecule has 1 atom stereocenters. The van der Waals surface area contributed by atoms with Gasteiger partial charge in [-0.1, -0.05) is 18.2 Å². The van der Waals surface area contributed by atoms with E-state index >= 15 is 0 Å². The third-order valence-electron chi connectivity index (χ3n) is 3.26. The van der Waals surface area contributed by atoms with E-state index in [0.717, 1.165) is 0 Å². The van der Waals surface area contributed by atoms with Crippen LogP contribution >= 0.6 is 0 Å². The van der Waals surface area contributed by atoms with E-state index in [0.29, 0.717) is 17.5 Å². The van der Waals surface area contributed by atoms with Crippen molar-refractivity contribution in [2.75, 3.05) is 13.1 Å². The molecule has 0 aliphatic rings.